The third-order valence-electron chi connectivity index (χ3n) is 3.70. The number of ether oxygens (including phenoxy) is 3. The van der Waals surface area contributed by atoms with Crippen LogP contribution in [-0.2, 0) is 14.3 Å². The number of hydrogen-bond donors (Lipinski definition) is 1. The van der Waals surface area contributed by atoms with Gasteiger partial charge < -0.3 is 19.5 Å². The summed E-state index contributed by atoms with van der Waals surface area (Å²) in [5, 5.41) is 2.78. The van der Waals surface area contributed by atoms with Crippen LogP contribution in [-0.4, -0.2) is 42.8 Å². The van der Waals surface area contributed by atoms with Crippen molar-refractivity contribution in [2.75, 3.05) is 13.2 Å². The Hall–Kier alpha value is -2.08. The van der Waals surface area contributed by atoms with Crippen LogP contribution in [0, 0.1) is 0 Å². The molecule has 0 aliphatic carbocycles. The summed E-state index contributed by atoms with van der Waals surface area (Å²) in [5.41, 5.74) is -0.000344. The van der Waals surface area contributed by atoms with Gasteiger partial charge in [0.1, 0.15) is 12.4 Å². The Morgan fingerprint density at radius 2 is 1.96 bits per heavy atom. The molecule has 1 heterocycles. The molecule has 1 aromatic carbocycles. The van der Waals surface area contributed by atoms with Gasteiger partial charge >= 0.3 is 5.97 Å². The van der Waals surface area contributed by atoms with Crippen LogP contribution in [0.25, 0.3) is 0 Å². The highest BCUT2D eigenvalue weighted by Gasteiger charge is 2.23. The number of nitrogens with one attached hydrogen (secondary N) is 1. The Bertz CT molecular complexity index is 585. The Morgan fingerprint density at radius 3 is 2.52 bits per heavy atom. The van der Waals surface area contributed by atoms with E-state index < -0.39 is 12.1 Å². The van der Waals surface area contributed by atoms with Crippen LogP contribution in [0.3, 0.4) is 0 Å². The minimum absolute atomic E-state index is 0.145. The molecule has 6 heteroatoms. The number of rotatable bonds is 6. The van der Waals surface area contributed by atoms with Gasteiger partial charge in [-0.25, -0.2) is 4.79 Å². The van der Waals surface area contributed by atoms with Gasteiger partial charge in [0.15, 0.2) is 6.10 Å². The van der Waals surface area contributed by atoms with Crippen molar-refractivity contribution in [1.29, 1.82) is 0 Å². The summed E-state index contributed by atoms with van der Waals surface area (Å²) in [6.07, 6.45) is 1.37. The van der Waals surface area contributed by atoms with Gasteiger partial charge in [0.25, 0.3) is 5.91 Å². The number of amides is 1. The molecule has 1 fully saturated rings. The molecule has 1 saturated heterocycles. The fraction of sp³-hybridized carbons (Fsp3) is 0.579. The van der Waals surface area contributed by atoms with Crippen molar-refractivity contribution in [2.45, 2.75) is 58.3 Å². The Balaban J connectivity index is 1.83. The third kappa shape index (κ3) is 6.38. The zero-order chi connectivity index (χ0) is 18.4. The highest BCUT2D eigenvalue weighted by Crippen LogP contribution is 2.17. The monoisotopic (exact) mass is 349 g/mol. The zero-order valence-electron chi connectivity index (χ0n) is 15.3. The van der Waals surface area contributed by atoms with Crippen LogP contribution >= 0.6 is 0 Å². The van der Waals surface area contributed by atoms with Crippen LogP contribution in [0.15, 0.2) is 24.3 Å². The lowest BCUT2D eigenvalue weighted by Gasteiger charge is -2.23. The average Bonchev–Trinajstić information content (AvgIpc) is 3.05. The third-order valence-corrected chi connectivity index (χ3v) is 3.70. The van der Waals surface area contributed by atoms with Crippen LogP contribution < -0.4 is 10.1 Å². The molecule has 0 aromatic heterocycles. The first-order valence-corrected chi connectivity index (χ1v) is 8.62. The number of carbonyl (C=O) groups is 2. The van der Waals surface area contributed by atoms with E-state index in [0.717, 1.165) is 19.4 Å². The van der Waals surface area contributed by atoms with E-state index in [2.05, 4.69) is 5.32 Å². The lowest BCUT2D eigenvalue weighted by atomic mass is 10.1. The summed E-state index contributed by atoms with van der Waals surface area (Å²) in [6, 6.07) is 6.68. The summed E-state index contributed by atoms with van der Waals surface area (Å²) in [5.74, 6) is -0.190. The fourth-order valence-electron chi connectivity index (χ4n) is 2.41. The minimum atomic E-state index is -0.859. The first kappa shape index (κ1) is 19.2. The topological polar surface area (TPSA) is 73.9 Å². The van der Waals surface area contributed by atoms with E-state index in [1.165, 1.54) is 0 Å². The van der Waals surface area contributed by atoms with Gasteiger partial charge in [-0.15, -0.1) is 0 Å². The van der Waals surface area contributed by atoms with E-state index in [9.17, 15) is 9.59 Å². The standard InChI is InChI=1S/C19H27NO5/c1-13(17(21)20-19(2,3)4)25-18(22)14-7-9-15(10-8-14)24-12-16-6-5-11-23-16/h7-10,13,16H,5-6,11-12H2,1-4H3,(H,20,21)/t13-,16-/m1/s1. The molecule has 25 heavy (non-hydrogen) atoms. The van der Waals surface area contributed by atoms with Gasteiger partial charge in [-0.1, -0.05) is 0 Å². The first-order chi connectivity index (χ1) is 11.7. The average molecular weight is 349 g/mol. The normalized spacial score (nSPS) is 18.5. The van der Waals surface area contributed by atoms with Gasteiger partial charge in [-0.3, -0.25) is 4.79 Å². The molecule has 0 radical (unpaired) electrons. The SMILES string of the molecule is C[C@@H](OC(=O)c1ccc(OC[C@H]2CCCO2)cc1)C(=O)NC(C)(C)C. The van der Waals surface area contributed by atoms with Crippen LogP contribution in [0.5, 0.6) is 5.75 Å². The Labute approximate surface area is 148 Å². The first-order valence-electron chi connectivity index (χ1n) is 8.62. The quantitative estimate of drug-likeness (QED) is 0.800. The maximum absolute atomic E-state index is 12.1. The van der Waals surface area contributed by atoms with Gasteiger partial charge in [0, 0.05) is 12.1 Å². The number of hydrogen-bond acceptors (Lipinski definition) is 5. The number of carbonyl (C=O) groups excluding carboxylic acids is 2. The second kappa shape index (κ2) is 8.34. The summed E-state index contributed by atoms with van der Waals surface area (Å²) >= 11 is 0. The van der Waals surface area contributed by atoms with Crippen molar-refractivity contribution < 1.29 is 23.8 Å². The highest BCUT2D eigenvalue weighted by molar-refractivity contribution is 5.92. The van der Waals surface area contributed by atoms with E-state index in [1.807, 2.05) is 20.8 Å². The molecule has 2 rings (SSSR count). The number of benzene rings is 1. The van der Waals surface area contributed by atoms with Crippen molar-refractivity contribution in [3.8, 4) is 5.75 Å². The maximum Gasteiger partial charge on any atom is 0.338 e. The minimum Gasteiger partial charge on any atom is -0.491 e. The molecule has 0 unspecified atom stereocenters. The summed E-state index contributed by atoms with van der Waals surface area (Å²) in [6.45, 7) is 8.46. The van der Waals surface area contributed by atoms with E-state index in [1.54, 1.807) is 31.2 Å². The Kier molecular flexibility index (Phi) is 6.42. The largest absolute Gasteiger partial charge is 0.491 e. The smallest absolute Gasteiger partial charge is 0.338 e. The predicted octanol–water partition coefficient (Wildman–Crippen LogP) is 2.70. The molecule has 1 N–H and O–H groups in total. The van der Waals surface area contributed by atoms with Crippen molar-refractivity contribution in [1.82, 2.24) is 5.32 Å². The van der Waals surface area contributed by atoms with E-state index in [4.69, 9.17) is 14.2 Å². The van der Waals surface area contributed by atoms with Crippen molar-refractivity contribution in [3.63, 3.8) is 0 Å². The molecule has 1 aliphatic heterocycles. The highest BCUT2D eigenvalue weighted by atomic mass is 16.5. The van der Waals surface area contributed by atoms with Gasteiger partial charge in [-0.2, -0.15) is 0 Å². The molecule has 0 bridgehead atoms. The van der Waals surface area contributed by atoms with E-state index in [0.29, 0.717) is 17.9 Å². The molecule has 1 aromatic rings. The molecule has 2 atom stereocenters. The predicted molar refractivity (Wildman–Crippen MR) is 93.7 cm³/mol. The van der Waals surface area contributed by atoms with E-state index in [-0.39, 0.29) is 17.6 Å². The van der Waals surface area contributed by atoms with Crippen molar-refractivity contribution >= 4 is 11.9 Å². The summed E-state index contributed by atoms with van der Waals surface area (Å²) in [4.78, 5) is 24.1. The Morgan fingerprint density at radius 1 is 1.28 bits per heavy atom. The van der Waals surface area contributed by atoms with Gasteiger partial charge in [0.05, 0.1) is 11.7 Å². The maximum atomic E-state index is 12.1. The summed E-state index contributed by atoms with van der Waals surface area (Å²) < 4.78 is 16.4. The summed E-state index contributed by atoms with van der Waals surface area (Å²) in [7, 11) is 0. The second-order valence-corrected chi connectivity index (χ2v) is 7.26. The van der Waals surface area contributed by atoms with Crippen molar-refractivity contribution in [3.05, 3.63) is 29.8 Å². The molecular weight excluding hydrogens is 322 g/mol. The lowest BCUT2D eigenvalue weighted by molar-refractivity contribution is -0.130. The second-order valence-electron chi connectivity index (χ2n) is 7.26. The van der Waals surface area contributed by atoms with Crippen LogP contribution in [0.1, 0.15) is 50.9 Å². The fourth-order valence-corrected chi connectivity index (χ4v) is 2.41. The van der Waals surface area contributed by atoms with Crippen LogP contribution in [0.4, 0.5) is 0 Å². The van der Waals surface area contributed by atoms with Gasteiger partial charge in [-0.05, 0) is 64.8 Å². The molecular formula is C19H27NO5. The molecule has 0 spiro atoms. The molecule has 1 amide bonds. The van der Waals surface area contributed by atoms with Gasteiger partial charge in [0.2, 0.25) is 0 Å². The molecule has 0 saturated carbocycles. The lowest BCUT2D eigenvalue weighted by Crippen LogP contribution is -2.46. The molecule has 138 valence electrons. The zero-order valence-corrected chi connectivity index (χ0v) is 15.3. The van der Waals surface area contributed by atoms with E-state index >= 15 is 0 Å². The van der Waals surface area contributed by atoms with Crippen LogP contribution in [0.2, 0.25) is 0 Å². The van der Waals surface area contributed by atoms with Crippen molar-refractivity contribution in [2.24, 2.45) is 0 Å². The molecule has 6 nitrogen and oxygen atoms in total. The number of esters is 1. The molecule has 1 aliphatic rings.